The van der Waals surface area contributed by atoms with Gasteiger partial charge in [0.05, 0.1) is 18.1 Å². The van der Waals surface area contributed by atoms with E-state index in [9.17, 15) is 0 Å². The summed E-state index contributed by atoms with van der Waals surface area (Å²) in [5.41, 5.74) is 8.17. The van der Waals surface area contributed by atoms with E-state index in [1.165, 1.54) is 5.56 Å². The number of nitrogens with zero attached hydrogens (tertiary/aromatic N) is 3. The van der Waals surface area contributed by atoms with Crippen molar-refractivity contribution < 1.29 is 0 Å². The Bertz CT molecular complexity index is 600. The normalized spacial score (nSPS) is 19.3. The van der Waals surface area contributed by atoms with Gasteiger partial charge in [0, 0.05) is 23.7 Å². The van der Waals surface area contributed by atoms with Crippen LogP contribution in [0.1, 0.15) is 18.5 Å². The van der Waals surface area contributed by atoms with Crippen LogP contribution in [0.25, 0.3) is 10.9 Å². The van der Waals surface area contributed by atoms with Crippen LogP contribution in [0.4, 0.5) is 0 Å². The molecule has 0 bridgehead atoms. The Labute approximate surface area is 106 Å². The number of pyridine rings is 1. The molecule has 1 aromatic heterocycles. The van der Waals surface area contributed by atoms with Crippen LogP contribution >= 0.6 is 0 Å². The minimum atomic E-state index is 0.216. The number of nitrogens with two attached hydrogens (primary N) is 1. The maximum Gasteiger partial charge on any atom is 0.191 e. The van der Waals surface area contributed by atoms with Crippen LogP contribution in [0.5, 0.6) is 0 Å². The largest absolute Gasteiger partial charge is 0.370 e. The van der Waals surface area contributed by atoms with E-state index in [1.54, 1.807) is 0 Å². The number of para-hydroxylation sites is 1. The highest BCUT2D eigenvalue weighted by molar-refractivity contribution is 5.85. The quantitative estimate of drug-likeness (QED) is 0.872. The van der Waals surface area contributed by atoms with E-state index >= 15 is 0 Å². The molecule has 0 amide bonds. The minimum Gasteiger partial charge on any atom is -0.370 e. The lowest BCUT2D eigenvalue weighted by Crippen LogP contribution is -2.35. The van der Waals surface area contributed by atoms with Crippen LogP contribution < -0.4 is 5.73 Å². The maximum atomic E-state index is 5.92. The summed E-state index contributed by atoms with van der Waals surface area (Å²) in [5.74, 6) is 0.635. The molecular weight excluding hydrogens is 224 g/mol. The molecular formula is C14H16N4. The van der Waals surface area contributed by atoms with Crippen molar-refractivity contribution in [3.05, 3.63) is 42.1 Å². The lowest BCUT2D eigenvalue weighted by Gasteiger charge is -2.25. The highest BCUT2D eigenvalue weighted by Crippen LogP contribution is 2.29. The van der Waals surface area contributed by atoms with Gasteiger partial charge in [-0.15, -0.1) is 0 Å². The van der Waals surface area contributed by atoms with Crippen LogP contribution in [0.15, 0.2) is 41.5 Å². The number of likely N-dealkylation sites (N-methyl/N-ethyl adjacent to an activating group) is 1. The third kappa shape index (κ3) is 1.61. The molecule has 92 valence electrons. The molecule has 0 spiro atoms. The fourth-order valence-electron chi connectivity index (χ4n) is 2.57. The van der Waals surface area contributed by atoms with E-state index in [0.717, 1.165) is 24.0 Å². The monoisotopic (exact) mass is 240 g/mol. The molecule has 2 aromatic rings. The first-order valence-corrected chi connectivity index (χ1v) is 6.21. The van der Waals surface area contributed by atoms with E-state index in [0.29, 0.717) is 5.96 Å². The van der Waals surface area contributed by atoms with Crippen molar-refractivity contribution in [3.8, 4) is 0 Å². The van der Waals surface area contributed by atoms with Crippen molar-refractivity contribution in [2.75, 3.05) is 13.1 Å². The summed E-state index contributed by atoms with van der Waals surface area (Å²) in [5, 5.41) is 1.16. The van der Waals surface area contributed by atoms with Gasteiger partial charge in [0.15, 0.2) is 5.96 Å². The molecule has 18 heavy (non-hydrogen) atoms. The third-order valence-corrected chi connectivity index (χ3v) is 3.46. The van der Waals surface area contributed by atoms with Crippen molar-refractivity contribution in [2.24, 2.45) is 10.7 Å². The fraction of sp³-hybridized carbons (Fsp3) is 0.286. The molecule has 1 aromatic carbocycles. The summed E-state index contributed by atoms with van der Waals surface area (Å²) in [7, 11) is 0. The molecule has 0 fully saturated rings. The minimum absolute atomic E-state index is 0.216. The van der Waals surface area contributed by atoms with Crippen LogP contribution in [-0.2, 0) is 0 Å². The van der Waals surface area contributed by atoms with Crippen LogP contribution in [0.3, 0.4) is 0 Å². The van der Waals surface area contributed by atoms with E-state index in [-0.39, 0.29) is 6.04 Å². The van der Waals surface area contributed by atoms with Gasteiger partial charge in [-0.2, -0.15) is 0 Å². The van der Waals surface area contributed by atoms with Crippen LogP contribution in [0.2, 0.25) is 0 Å². The van der Waals surface area contributed by atoms with Gasteiger partial charge in [-0.25, -0.2) is 0 Å². The molecule has 4 heteroatoms. The summed E-state index contributed by atoms with van der Waals surface area (Å²) in [6.07, 6.45) is 1.83. The Morgan fingerprint density at radius 3 is 3.00 bits per heavy atom. The number of hydrogen-bond donors (Lipinski definition) is 1. The molecule has 1 aliphatic heterocycles. The second kappa shape index (κ2) is 4.29. The van der Waals surface area contributed by atoms with E-state index in [2.05, 4.69) is 46.1 Å². The summed E-state index contributed by atoms with van der Waals surface area (Å²) in [6, 6.07) is 10.5. The van der Waals surface area contributed by atoms with Crippen LogP contribution in [-0.4, -0.2) is 28.9 Å². The topological polar surface area (TPSA) is 54.5 Å². The molecule has 0 saturated heterocycles. The van der Waals surface area contributed by atoms with Gasteiger partial charge in [0.25, 0.3) is 0 Å². The van der Waals surface area contributed by atoms with Gasteiger partial charge in [0.2, 0.25) is 0 Å². The Kier molecular flexibility index (Phi) is 2.63. The third-order valence-electron chi connectivity index (χ3n) is 3.46. The first-order chi connectivity index (χ1) is 8.81. The van der Waals surface area contributed by atoms with Crippen molar-refractivity contribution in [1.29, 1.82) is 0 Å². The zero-order valence-electron chi connectivity index (χ0n) is 10.4. The number of aromatic nitrogens is 1. The standard InChI is InChI=1S/C14H16N4/c1-2-18-12(9-17-14(18)15)11-7-3-5-10-6-4-8-16-13(10)11/h3-8,12H,2,9H2,1H3,(H2,15,17). The lowest BCUT2D eigenvalue weighted by atomic mass is 10.0. The molecule has 1 aliphatic rings. The van der Waals surface area contributed by atoms with Gasteiger partial charge in [-0.1, -0.05) is 24.3 Å². The van der Waals surface area contributed by atoms with Crippen LogP contribution in [0, 0.1) is 0 Å². The van der Waals surface area contributed by atoms with Gasteiger partial charge in [-0.05, 0) is 13.0 Å². The summed E-state index contributed by atoms with van der Waals surface area (Å²) in [6.45, 7) is 3.68. The molecule has 0 saturated carbocycles. The molecule has 1 atom stereocenters. The summed E-state index contributed by atoms with van der Waals surface area (Å²) in [4.78, 5) is 11.0. The van der Waals surface area contributed by atoms with E-state index in [4.69, 9.17) is 5.73 Å². The Hall–Kier alpha value is -2.10. The number of rotatable bonds is 2. The van der Waals surface area contributed by atoms with E-state index in [1.807, 2.05) is 12.3 Å². The second-order valence-electron chi connectivity index (χ2n) is 4.42. The molecule has 1 unspecified atom stereocenters. The molecule has 4 nitrogen and oxygen atoms in total. The van der Waals surface area contributed by atoms with Gasteiger partial charge >= 0.3 is 0 Å². The first kappa shape index (κ1) is 11.0. The van der Waals surface area contributed by atoms with Gasteiger partial charge < -0.3 is 10.6 Å². The SMILES string of the molecule is CCN1C(N)=NCC1c1cccc2cccnc12. The predicted molar refractivity (Wildman–Crippen MR) is 73.4 cm³/mol. The zero-order valence-corrected chi connectivity index (χ0v) is 10.4. The molecule has 0 radical (unpaired) electrons. The Morgan fingerprint density at radius 2 is 2.17 bits per heavy atom. The van der Waals surface area contributed by atoms with Gasteiger partial charge in [0.1, 0.15) is 0 Å². The Balaban J connectivity index is 2.10. The molecule has 0 aliphatic carbocycles. The fourth-order valence-corrected chi connectivity index (χ4v) is 2.57. The average Bonchev–Trinajstić information content (AvgIpc) is 2.79. The maximum absolute atomic E-state index is 5.92. The number of hydrogen-bond acceptors (Lipinski definition) is 4. The van der Waals surface area contributed by atoms with Crippen molar-refractivity contribution in [3.63, 3.8) is 0 Å². The predicted octanol–water partition coefficient (Wildman–Crippen LogP) is 1.93. The van der Waals surface area contributed by atoms with E-state index < -0.39 is 0 Å². The highest BCUT2D eigenvalue weighted by Gasteiger charge is 2.27. The number of fused-ring (bicyclic) bond motifs is 1. The van der Waals surface area contributed by atoms with Crippen molar-refractivity contribution >= 4 is 16.9 Å². The summed E-state index contributed by atoms with van der Waals surface area (Å²) >= 11 is 0. The number of guanidine groups is 1. The van der Waals surface area contributed by atoms with Gasteiger partial charge in [-0.3, -0.25) is 9.98 Å². The zero-order chi connectivity index (χ0) is 12.5. The second-order valence-corrected chi connectivity index (χ2v) is 4.42. The molecule has 2 heterocycles. The van der Waals surface area contributed by atoms with Crippen molar-refractivity contribution in [2.45, 2.75) is 13.0 Å². The molecule has 3 rings (SSSR count). The smallest absolute Gasteiger partial charge is 0.191 e. The number of aliphatic imine (C=N–C) groups is 1. The Morgan fingerprint density at radius 1 is 1.33 bits per heavy atom. The average molecular weight is 240 g/mol. The lowest BCUT2D eigenvalue weighted by molar-refractivity contribution is 0.366. The highest BCUT2D eigenvalue weighted by atomic mass is 15.3. The number of benzene rings is 1. The summed E-state index contributed by atoms with van der Waals surface area (Å²) < 4.78 is 0. The molecule has 2 N–H and O–H groups in total. The van der Waals surface area contributed by atoms with Crippen molar-refractivity contribution in [1.82, 2.24) is 9.88 Å². The first-order valence-electron chi connectivity index (χ1n) is 6.21.